The number of aliphatic hydroxyl groups is 2. The van der Waals surface area contributed by atoms with Crippen LogP contribution >= 0.6 is 11.6 Å². The number of nitrogens with zero attached hydrogens (tertiary/aromatic N) is 6. The zero-order valence-corrected chi connectivity index (χ0v) is 22.6. The first-order chi connectivity index (χ1) is 18.9. The van der Waals surface area contributed by atoms with Crippen LogP contribution in [0.3, 0.4) is 0 Å². The molecule has 0 bridgehead atoms. The van der Waals surface area contributed by atoms with E-state index in [1.54, 1.807) is 4.57 Å². The molecule has 1 aromatic carbocycles. The summed E-state index contributed by atoms with van der Waals surface area (Å²) in [6, 6.07) is 2.34. The number of alkyl halides is 3. The van der Waals surface area contributed by atoms with E-state index in [0.29, 0.717) is 42.0 Å². The molecular weight excluding hydrogens is 553 g/mol. The van der Waals surface area contributed by atoms with Crippen molar-refractivity contribution in [1.29, 1.82) is 0 Å². The minimum atomic E-state index is -4.54. The molecule has 216 valence electrons. The van der Waals surface area contributed by atoms with Crippen LogP contribution in [0.1, 0.15) is 44.3 Å². The quantitative estimate of drug-likeness (QED) is 0.218. The SMILES string of the molecule is CC(C)N(CCCCc1nc2cc(Cl)c(C(F)(F)F)cc2[nH]1)C[C@H]1OC(n2cnc3c(N)ncnc32)[C@H](O)[C@@H]1O. The molecule has 0 amide bonds. The number of hydrogen-bond donors (Lipinski definition) is 4. The fourth-order valence-electron chi connectivity index (χ4n) is 4.98. The molecule has 40 heavy (non-hydrogen) atoms. The van der Waals surface area contributed by atoms with E-state index in [1.165, 1.54) is 18.7 Å². The van der Waals surface area contributed by atoms with E-state index in [9.17, 15) is 23.4 Å². The van der Waals surface area contributed by atoms with Gasteiger partial charge in [-0.15, -0.1) is 0 Å². The van der Waals surface area contributed by atoms with Crippen LogP contribution in [0.15, 0.2) is 24.8 Å². The number of aliphatic hydroxyl groups excluding tert-OH is 2. The molecule has 1 unspecified atom stereocenters. The molecule has 0 saturated carbocycles. The van der Waals surface area contributed by atoms with Crippen molar-refractivity contribution in [2.75, 3.05) is 18.8 Å². The van der Waals surface area contributed by atoms with E-state index >= 15 is 0 Å². The lowest BCUT2D eigenvalue weighted by atomic mass is 10.1. The molecule has 4 heterocycles. The Morgan fingerprint density at radius 3 is 2.67 bits per heavy atom. The second-order valence-electron chi connectivity index (χ2n) is 10.2. The van der Waals surface area contributed by atoms with Gasteiger partial charge in [-0.2, -0.15) is 13.2 Å². The molecule has 5 rings (SSSR count). The zero-order valence-electron chi connectivity index (χ0n) is 21.8. The van der Waals surface area contributed by atoms with Crippen LogP contribution in [0.25, 0.3) is 22.2 Å². The highest BCUT2D eigenvalue weighted by molar-refractivity contribution is 6.32. The Bertz CT molecular complexity index is 1490. The average Bonchev–Trinajstić information content (AvgIpc) is 3.56. The molecule has 1 aliphatic heterocycles. The molecule has 4 atom stereocenters. The summed E-state index contributed by atoms with van der Waals surface area (Å²) in [5.41, 5.74) is 6.42. The van der Waals surface area contributed by atoms with Gasteiger partial charge in [0.05, 0.1) is 27.9 Å². The Labute approximate surface area is 232 Å². The lowest BCUT2D eigenvalue weighted by molar-refractivity contribution is -0.137. The Kier molecular flexibility index (Phi) is 7.90. The number of hydrogen-bond acceptors (Lipinski definition) is 9. The summed E-state index contributed by atoms with van der Waals surface area (Å²) in [4.78, 5) is 21.8. The third-order valence-electron chi connectivity index (χ3n) is 7.18. The molecule has 0 spiro atoms. The molecular formula is C25H30ClF3N8O3. The number of fused-ring (bicyclic) bond motifs is 2. The molecule has 5 N–H and O–H groups in total. The fraction of sp³-hybridized carbons (Fsp3) is 0.520. The van der Waals surface area contributed by atoms with Crippen LogP contribution in [0, 0.1) is 0 Å². The van der Waals surface area contributed by atoms with Crippen molar-refractivity contribution >= 4 is 39.6 Å². The van der Waals surface area contributed by atoms with Gasteiger partial charge in [0, 0.05) is 19.0 Å². The highest BCUT2D eigenvalue weighted by Crippen LogP contribution is 2.37. The Balaban J connectivity index is 1.19. The first kappa shape index (κ1) is 28.5. The number of nitrogens with two attached hydrogens (primary N) is 1. The number of H-pyrrole nitrogens is 1. The number of unbranched alkanes of at least 4 members (excludes halogenated alkanes) is 1. The highest BCUT2D eigenvalue weighted by Gasteiger charge is 2.45. The standard InChI is InChI=1S/C25H30ClF3N8O3/c1-12(2)36(6-4-3-5-18-34-15-7-13(25(27,28)29)14(26)8-16(15)35-18)9-17-20(38)21(39)24(40-17)37-11-33-19-22(30)31-10-32-23(19)37/h7-8,10-12,17,20-21,24,38-39H,3-6,9H2,1-2H3,(H,34,35)(H2,30,31,32)/t17-,20-,21-,24?/m1/s1. The van der Waals surface area contributed by atoms with Crippen molar-refractivity contribution in [2.45, 2.75) is 69.9 Å². The Hall–Kier alpha value is -3.04. The maximum Gasteiger partial charge on any atom is 0.417 e. The van der Waals surface area contributed by atoms with E-state index in [2.05, 4.69) is 29.8 Å². The van der Waals surface area contributed by atoms with Crippen molar-refractivity contribution < 1.29 is 28.1 Å². The number of nitrogen functional groups attached to an aromatic ring is 1. The van der Waals surface area contributed by atoms with Crippen LogP contribution in [-0.2, 0) is 17.3 Å². The summed E-state index contributed by atoms with van der Waals surface area (Å²) >= 11 is 5.81. The van der Waals surface area contributed by atoms with Gasteiger partial charge in [0.2, 0.25) is 0 Å². The topological polar surface area (TPSA) is 151 Å². The van der Waals surface area contributed by atoms with Crippen molar-refractivity contribution in [1.82, 2.24) is 34.4 Å². The molecule has 4 aromatic rings. The minimum absolute atomic E-state index is 0.128. The molecule has 1 saturated heterocycles. The number of aromatic nitrogens is 6. The van der Waals surface area contributed by atoms with Crippen LogP contribution in [-0.4, -0.2) is 82.0 Å². The number of benzene rings is 1. The predicted molar refractivity (Wildman–Crippen MR) is 141 cm³/mol. The van der Waals surface area contributed by atoms with Crippen molar-refractivity contribution in [3.8, 4) is 0 Å². The number of aromatic amines is 1. The smallest absolute Gasteiger partial charge is 0.387 e. The van der Waals surface area contributed by atoms with Gasteiger partial charge in [-0.05, 0) is 45.4 Å². The number of nitrogens with one attached hydrogen (secondary N) is 1. The number of aryl methyl sites for hydroxylation is 1. The van der Waals surface area contributed by atoms with Gasteiger partial charge in [-0.25, -0.2) is 19.9 Å². The third kappa shape index (κ3) is 5.59. The maximum atomic E-state index is 13.2. The monoisotopic (exact) mass is 582 g/mol. The van der Waals surface area contributed by atoms with Crippen molar-refractivity contribution in [2.24, 2.45) is 0 Å². The minimum Gasteiger partial charge on any atom is -0.387 e. The predicted octanol–water partition coefficient (Wildman–Crippen LogP) is 3.31. The molecule has 15 heteroatoms. The van der Waals surface area contributed by atoms with Crippen LogP contribution in [0.4, 0.5) is 19.0 Å². The number of anilines is 1. The molecule has 0 aliphatic carbocycles. The number of imidazole rings is 2. The second-order valence-corrected chi connectivity index (χ2v) is 10.6. The maximum absolute atomic E-state index is 13.2. The van der Waals surface area contributed by atoms with E-state index in [-0.39, 0.29) is 22.4 Å². The number of rotatable bonds is 9. The molecule has 1 fully saturated rings. The average molecular weight is 583 g/mol. The van der Waals surface area contributed by atoms with Crippen molar-refractivity contribution in [3.05, 3.63) is 41.2 Å². The van der Waals surface area contributed by atoms with Gasteiger partial charge in [0.25, 0.3) is 0 Å². The van der Waals surface area contributed by atoms with Crippen LogP contribution in [0.5, 0.6) is 0 Å². The van der Waals surface area contributed by atoms with Crippen LogP contribution < -0.4 is 5.73 Å². The lowest BCUT2D eigenvalue weighted by Crippen LogP contribution is -2.43. The van der Waals surface area contributed by atoms with E-state index in [0.717, 1.165) is 18.9 Å². The fourth-order valence-corrected chi connectivity index (χ4v) is 5.25. The first-order valence-corrected chi connectivity index (χ1v) is 13.3. The Morgan fingerprint density at radius 1 is 1.18 bits per heavy atom. The van der Waals surface area contributed by atoms with Gasteiger partial charge in [0.15, 0.2) is 17.7 Å². The molecule has 0 radical (unpaired) electrons. The lowest BCUT2D eigenvalue weighted by Gasteiger charge is -2.30. The summed E-state index contributed by atoms with van der Waals surface area (Å²) in [5, 5.41) is 21.2. The largest absolute Gasteiger partial charge is 0.417 e. The summed E-state index contributed by atoms with van der Waals surface area (Å²) in [7, 11) is 0. The van der Waals surface area contributed by atoms with Gasteiger partial charge < -0.3 is 25.7 Å². The second kappa shape index (κ2) is 11.1. The Morgan fingerprint density at radius 2 is 1.95 bits per heavy atom. The van der Waals surface area contributed by atoms with Crippen molar-refractivity contribution in [3.63, 3.8) is 0 Å². The van der Waals surface area contributed by atoms with E-state index < -0.39 is 36.3 Å². The highest BCUT2D eigenvalue weighted by atomic mass is 35.5. The third-order valence-corrected chi connectivity index (χ3v) is 7.49. The molecule has 11 nitrogen and oxygen atoms in total. The molecule has 3 aromatic heterocycles. The van der Waals surface area contributed by atoms with E-state index in [1.807, 2.05) is 13.8 Å². The molecule has 1 aliphatic rings. The van der Waals surface area contributed by atoms with Gasteiger partial charge in [-0.3, -0.25) is 9.47 Å². The first-order valence-electron chi connectivity index (χ1n) is 12.9. The normalized spacial score (nSPS) is 21.9. The summed E-state index contributed by atoms with van der Waals surface area (Å²) in [5.74, 6) is 0.788. The summed E-state index contributed by atoms with van der Waals surface area (Å²) < 4.78 is 47.1. The van der Waals surface area contributed by atoms with E-state index in [4.69, 9.17) is 22.1 Å². The summed E-state index contributed by atoms with van der Waals surface area (Å²) in [6.07, 6.45) is -3.65. The zero-order chi connectivity index (χ0) is 28.8. The van der Waals surface area contributed by atoms with Gasteiger partial charge in [-0.1, -0.05) is 11.6 Å². The number of ether oxygens (including phenoxy) is 1. The van der Waals surface area contributed by atoms with Crippen LogP contribution in [0.2, 0.25) is 5.02 Å². The number of halogens is 4. The summed E-state index contributed by atoms with van der Waals surface area (Å²) in [6.45, 7) is 5.10. The van der Waals surface area contributed by atoms with Gasteiger partial charge in [0.1, 0.15) is 36.0 Å². The van der Waals surface area contributed by atoms with Gasteiger partial charge >= 0.3 is 6.18 Å².